The van der Waals surface area contributed by atoms with Crippen LogP contribution in [0.5, 0.6) is 0 Å². The zero-order valence-electron chi connectivity index (χ0n) is 11.5. The Labute approximate surface area is 130 Å². The molecule has 0 spiro atoms. The van der Waals surface area contributed by atoms with Crippen LogP contribution in [0.3, 0.4) is 0 Å². The zero-order valence-corrected chi connectivity index (χ0v) is 13.9. The summed E-state index contributed by atoms with van der Waals surface area (Å²) in [4.78, 5) is 0. The fourth-order valence-electron chi connectivity index (χ4n) is 0.951. The van der Waals surface area contributed by atoms with E-state index in [2.05, 4.69) is 32.3 Å². The van der Waals surface area contributed by atoms with Gasteiger partial charge in [0.25, 0.3) is 30.4 Å². The van der Waals surface area contributed by atoms with Gasteiger partial charge >= 0.3 is 0 Å². The Hall–Kier alpha value is -1.05. The average molecular weight is 376 g/mol. The molecule has 0 fully saturated rings. The van der Waals surface area contributed by atoms with E-state index in [0.717, 1.165) is 0 Å². The van der Waals surface area contributed by atoms with Crippen LogP contribution >= 0.6 is 0 Å². The zero-order chi connectivity index (χ0) is 17.4. The Balaban J connectivity index is 4.83. The van der Waals surface area contributed by atoms with E-state index < -0.39 is 49.7 Å². The highest BCUT2D eigenvalue weighted by molar-refractivity contribution is 7.90. The molecule has 0 aliphatic heterocycles. The first-order valence-corrected chi connectivity index (χ1v) is 9.98. The van der Waals surface area contributed by atoms with Crippen LogP contribution in [0.2, 0.25) is 0 Å². The van der Waals surface area contributed by atoms with E-state index in [9.17, 15) is 25.3 Å². The van der Waals surface area contributed by atoms with E-state index in [4.69, 9.17) is 0 Å². The Kier molecular flexibility index (Phi) is 8.14. The van der Waals surface area contributed by atoms with E-state index in [-0.39, 0.29) is 6.42 Å². The van der Waals surface area contributed by atoms with E-state index in [1.165, 1.54) is 0 Å². The lowest BCUT2D eigenvalue weighted by atomic mass is 10.3. The predicted octanol–water partition coefficient (Wildman–Crippen LogP) is 0.215. The van der Waals surface area contributed by atoms with Gasteiger partial charge in [-0.3, -0.25) is 12.5 Å². The quantitative estimate of drug-likeness (QED) is 0.439. The summed E-state index contributed by atoms with van der Waals surface area (Å²) in [5, 5.41) is 1.58. The van der Waals surface area contributed by atoms with Crippen LogP contribution in [0.4, 0.5) is 0 Å². The summed E-state index contributed by atoms with van der Waals surface area (Å²) in [7, 11) is -12.1. The van der Waals surface area contributed by atoms with Crippen molar-refractivity contribution in [3.63, 3.8) is 0 Å². The molecular weight excluding hydrogens is 360 g/mol. The smallest absolute Gasteiger partial charge is 0.267 e. The van der Waals surface area contributed by atoms with Crippen molar-refractivity contribution in [2.75, 3.05) is 13.2 Å². The molecule has 128 valence electrons. The second-order valence-electron chi connectivity index (χ2n) is 3.59. The molecule has 12 heteroatoms. The summed E-state index contributed by atoms with van der Waals surface area (Å²) in [6.07, 6.45) is -1.59. The first-order chi connectivity index (χ1) is 9.97. The third-order valence-corrected chi connectivity index (χ3v) is 4.71. The summed E-state index contributed by atoms with van der Waals surface area (Å²) in [6.45, 7) is 7.88. The molecule has 22 heavy (non-hydrogen) atoms. The van der Waals surface area contributed by atoms with E-state index in [1.54, 1.807) is 0 Å². The molecule has 9 nitrogen and oxygen atoms in total. The van der Waals surface area contributed by atoms with Gasteiger partial charge in [0.15, 0.2) is 0 Å². The topological polar surface area (TPSA) is 130 Å². The predicted molar refractivity (Wildman–Crippen MR) is 78.7 cm³/mol. The molecule has 1 unspecified atom stereocenters. The minimum Gasteiger partial charge on any atom is -0.267 e. The molecule has 1 atom stereocenters. The van der Waals surface area contributed by atoms with Gasteiger partial charge in [-0.2, -0.15) is 25.3 Å². The molecule has 0 rings (SSSR count). The summed E-state index contributed by atoms with van der Waals surface area (Å²) >= 11 is 0. The van der Waals surface area contributed by atoms with Gasteiger partial charge in [0.2, 0.25) is 0 Å². The van der Waals surface area contributed by atoms with Crippen molar-refractivity contribution < 1.29 is 37.8 Å². The van der Waals surface area contributed by atoms with Crippen molar-refractivity contribution >= 4 is 30.4 Å². The summed E-state index contributed by atoms with van der Waals surface area (Å²) < 4.78 is 80.3. The van der Waals surface area contributed by atoms with Crippen LogP contribution in [0, 0.1) is 0 Å². The van der Waals surface area contributed by atoms with Crippen LogP contribution in [0.15, 0.2) is 36.0 Å². The lowest BCUT2D eigenvalue weighted by Gasteiger charge is -2.15. The van der Waals surface area contributed by atoms with Gasteiger partial charge in [0, 0.05) is 6.42 Å². The fraction of sp³-hybridized carbons (Fsp3) is 0.400. The normalized spacial score (nSPS) is 14.2. The Bertz CT molecular complexity index is 701. The number of hydrogen-bond donors (Lipinski definition) is 0. The van der Waals surface area contributed by atoms with Crippen LogP contribution in [-0.2, 0) is 42.9 Å². The van der Waals surface area contributed by atoms with Gasteiger partial charge in [0.1, 0.15) is 6.10 Å². The molecule has 0 aliphatic carbocycles. The maximum atomic E-state index is 11.3. The summed E-state index contributed by atoms with van der Waals surface area (Å²) in [6, 6.07) is 0. The number of rotatable bonds is 12. The molecule has 0 saturated carbocycles. The second-order valence-corrected chi connectivity index (χ2v) is 8.21. The first-order valence-electron chi connectivity index (χ1n) is 5.56. The molecule has 0 aromatic rings. The van der Waals surface area contributed by atoms with Crippen LogP contribution in [0.25, 0.3) is 0 Å². The highest BCUT2D eigenvalue weighted by Crippen LogP contribution is 2.10. The van der Waals surface area contributed by atoms with Gasteiger partial charge in [-0.15, -0.1) is 0 Å². The van der Waals surface area contributed by atoms with Crippen molar-refractivity contribution in [3.8, 4) is 0 Å². The standard InChI is InChI=1S/C10H16O9S3/c1-4-20(11,12)17-8-7-10(19-22(15,16)6-3)9-18-21(13,14)5-2/h4-6,10H,1-3,7-9H2. The largest absolute Gasteiger partial charge is 0.289 e. The van der Waals surface area contributed by atoms with E-state index >= 15 is 0 Å². The van der Waals surface area contributed by atoms with E-state index in [1.807, 2.05) is 0 Å². The average Bonchev–Trinajstić information content (AvgIpc) is 2.44. The highest BCUT2D eigenvalue weighted by Gasteiger charge is 2.21. The van der Waals surface area contributed by atoms with Crippen LogP contribution in [0.1, 0.15) is 6.42 Å². The minimum atomic E-state index is -4.13. The monoisotopic (exact) mass is 376 g/mol. The Morgan fingerprint density at radius 3 is 1.68 bits per heavy atom. The minimum absolute atomic E-state index is 0.285. The van der Waals surface area contributed by atoms with Gasteiger partial charge in [-0.25, -0.2) is 0 Å². The Morgan fingerprint density at radius 1 is 0.773 bits per heavy atom. The summed E-state index contributed by atoms with van der Waals surface area (Å²) in [5.41, 5.74) is 0. The molecule has 0 heterocycles. The molecule has 0 aliphatic rings. The molecule has 0 bridgehead atoms. The van der Waals surface area contributed by atoms with Gasteiger partial charge in [-0.1, -0.05) is 19.7 Å². The van der Waals surface area contributed by atoms with Crippen molar-refractivity contribution in [1.29, 1.82) is 0 Å². The molecular formula is C10H16O9S3. The highest BCUT2D eigenvalue weighted by atomic mass is 32.2. The van der Waals surface area contributed by atoms with Gasteiger partial charge in [0.05, 0.1) is 29.4 Å². The molecule has 0 N–H and O–H groups in total. The Morgan fingerprint density at radius 2 is 1.23 bits per heavy atom. The molecule has 0 amide bonds. The maximum Gasteiger partial charge on any atom is 0.289 e. The number of hydrogen-bond acceptors (Lipinski definition) is 9. The molecule has 0 radical (unpaired) electrons. The van der Waals surface area contributed by atoms with Gasteiger partial charge < -0.3 is 0 Å². The summed E-state index contributed by atoms with van der Waals surface area (Å²) in [5.74, 6) is 0. The fourth-order valence-corrected chi connectivity index (χ4v) is 2.42. The molecule has 0 saturated heterocycles. The first kappa shape index (κ1) is 20.9. The third-order valence-electron chi connectivity index (χ3n) is 1.99. The lowest BCUT2D eigenvalue weighted by molar-refractivity contribution is 0.117. The molecule has 0 aromatic heterocycles. The van der Waals surface area contributed by atoms with Crippen molar-refractivity contribution in [1.82, 2.24) is 0 Å². The SMILES string of the molecule is C=CS(=O)(=O)OCCC(COS(=O)(=O)C=C)OS(=O)(=O)C=C. The third kappa shape index (κ3) is 9.07. The lowest BCUT2D eigenvalue weighted by Crippen LogP contribution is -2.26. The molecule has 0 aromatic carbocycles. The maximum absolute atomic E-state index is 11.3. The van der Waals surface area contributed by atoms with Crippen molar-refractivity contribution in [2.24, 2.45) is 0 Å². The van der Waals surface area contributed by atoms with Crippen LogP contribution < -0.4 is 0 Å². The van der Waals surface area contributed by atoms with Gasteiger partial charge in [-0.05, 0) is 0 Å². The van der Waals surface area contributed by atoms with E-state index in [0.29, 0.717) is 16.2 Å². The van der Waals surface area contributed by atoms with Crippen LogP contribution in [-0.4, -0.2) is 44.6 Å². The van der Waals surface area contributed by atoms with Crippen molar-refractivity contribution in [3.05, 3.63) is 36.0 Å². The second kappa shape index (κ2) is 8.55. The van der Waals surface area contributed by atoms with Crippen molar-refractivity contribution in [2.45, 2.75) is 12.5 Å².